The Morgan fingerprint density at radius 2 is 2.31 bits per heavy atom. The number of ether oxygens (including phenoxy) is 1. The molecule has 3 heteroatoms. The maximum Gasteiger partial charge on any atom is 0.0655 e. The molecule has 2 nitrogen and oxygen atoms in total. The van der Waals surface area contributed by atoms with Crippen LogP contribution in [-0.4, -0.2) is 36.8 Å². The van der Waals surface area contributed by atoms with Gasteiger partial charge in [-0.2, -0.15) is 0 Å². The molecule has 2 unspecified atom stereocenters. The Hall–Kier alpha value is -0.170. The fourth-order valence-electron chi connectivity index (χ4n) is 2.15. The SMILES string of the molecule is C#CCSCCNC1CC(OCC)C1(C)C. The molecule has 2 atom stereocenters. The largest absolute Gasteiger partial charge is 0.378 e. The third-order valence-electron chi connectivity index (χ3n) is 3.37. The second kappa shape index (κ2) is 6.54. The minimum atomic E-state index is 0.271. The molecule has 1 fully saturated rings. The number of thioether (sulfide) groups is 1. The minimum Gasteiger partial charge on any atom is -0.378 e. The fraction of sp³-hybridized carbons (Fsp3) is 0.846. The van der Waals surface area contributed by atoms with Crippen molar-refractivity contribution in [3.05, 3.63) is 0 Å². The van der Waals surface area contributed by atoms with Crippen molar-refractivity contribution in [2.24, 2.45) is 5.41 Å². The minimum absolute atomic E-state index is 0.271. The molecule has 0 bridgehead atoms. The first-order valence-corrected chi connectivity index (χ1v) is 7.14. The molecule has 0 spiro atoms. The highest BCUT2D eigenvalue weighted by atomic mass is 32.2. The molecular weight excluding hydrogens is 218 g/mol. The molecule has 1 N–H and O–H groups in total. The molecule has 0 aromatic carbocycles. The summed E-state index contributed by atoms with van der Waals surface area (Å²) in [5, 5.41) is 3.59. The molecule has 92 valence electrons. The van der Waals surface area contributed by atoms with Crippen molar-refractivity contribution in [1.29, 1.82) is 0 Å². The van der Waals surface area contributed by atoms with Crippen LogP contribution >= 0.6 is 11.8 Å². The third kappa shape index (κ3) is 3.41. The van der Waals surface area contributed by atoms with E-state index < -0.39 is 0 Å². The zero-order valence-electron chi connectivity index (χ0n) is 10.6. The van der Waals surface area contributed by atoms with Crippen molar-refractivity contribution in [2.75, 3.05) is 24.7 Å². The molecule has 1 aliphatic rings. The van der Waals surface area contributed by atoms with E-state index in [1.807, 2.05) is 11.8 Å². The van der Waals surface area contributed by atoms with Gasteiger partial charge >= 0.3 is 0 Å². The Bertz CT molecular complexity index is 247. The first kappa shape index (κ1) is 13.9. The van der Waals surface area contributed by atoms with Crippen molar-refractivity contribution in [2.45, 2.75) is 39.3 Å². The number of hydrogen-bond donors (Lipinski definition) is 1. The summed E-state index contributed by atoms with van der Waals surface area (Å²) in [6.07, 6.45) is 6.76. The van der Waals surface area contributed by atoms with Gasteiger partial charge in [-0.3, -0.25) is 0 Å². The highest BCUT2D eigenvalue weighted by molar-refractivity contribution is 7.99. The Balaban J connectivity index is 2.14. The van der Waals surface area contributed by atoms with Gasteiger partial charge in [-0.15, -0.1) is 18.2 Å². The van der Waals surface area contributed by atoms with Crippen LogP contribution in [0.15, 0.2) is 0 Å². The van der Waals surface area contributed by atoms with Crippen LogP contribution < -0.4 is 5.32 Å². The fourth-order valence-corrected chi connectivity index (χ4v) is 2.68. The lowest BCUT2D eigenvalue weighted by Crippen LogP contribution is -2.61. The van der Waals surface area contributed by atoms with Crippen LogP contribution in [0.1, 0.15) is 27.2 Å². The van der Waals surface area contributed by atoms with E-state index >= 15 is 0 Å². The van der Waals surface area contributed by atoms with Crippen LogP contribution in [0.25, 0.3) is 0 Å². The molecule has 0 aromatic heterocycles. The second-order valence-electron chi connectivity index (χ2n) is 4.76. The highest BCUT2D eigenvalue weighted by Crippen LogP contribution is 2.42. The van der Waals surface area contributed by atoms with Crippen LogP contribution in [0.3, 0.4) is 0 Å². The summed E-state index contributed by atoms with van der Waals surface area (Å²) < 4.78 is 5.70. The number of rotatable bonds is 7. The van der Waals surface area contributed by atoms with E-state index in [0.29, 0.717) is 12.1 Å². The molecule has 0 aliphatic heterocycles. The van der Waals surface area contributed by atoms with Gasteiger partial charge in [-0.05, 0) is 13.3 Å². The van der Waals surface area contributed by atoms with Crippen molar-refractivity contribution < 1.29 is 4.74 Å². The Labute approximate surface area is 104 Å². The van der Waals surface area contributed by atoms with Gasteiger partial charge in [0, 0.05) is 30.4 Å². The van der Waals surface area contributed by atoms with Crippen LogP contribution in [-0.2, 0) is 4.74 Å². The Morgan fingerprint density at radius 1 is 1.56 bits per heavy atom. The predicted octanol–water partition coefficient (Wildman–Crippen LogP) is 2.15. The number of hydrogen-bond acceptors (Lipinski definition) is 3. The predicted molar refractivity (Wildman–Crippen MR) is 71.8 cm³/mol. The van der Waals surface area contributed by atoms with Gasteiger partial charge in [0.25, 0.3) is 0 Å². The highest BCUT2D eigenvalue weighted by Gasteiger charge is 2.48. The zero-order chi connectivity index (χ0) is 12.0. The smallest absolute Gasteiger partial charge is 0.0655 e. The summed E-state index contributed by atoms with van der Waals surface area (Å²) in [4.78, 5) is 0. The van der Waals surface area contributed by atoms with E-state index in [4.69, 9.17) is 11.2 Å². The van der Waals surface area contributed by atoms with Crippen LogP contribution in [0.5, 0.6) is 0 Å². The summed E-state index contributed by atoms with van der Waals surface area (Å²) in [5.41, 5.74) is 0.271. The van der Waals surface area contributed by atoms with E-state index in [2.05, 4.69) is 32.0 Å². The van der Waals surface area contributed by atoms with Crippen LogP contribution in [0, 0.1) is 17.8 Å². The summed E-state index contributed by atoms with van der Waals surface area (Å²) >= 11 is 1.81. The quantitative estimate of drug-likeness (QED) is 0.545. The second-order valence-corrected chi connectivity index (χ2v) is 5.87. The standard InChI is InChI=1S/C13H23NOS/c1-5-8-16-9-7-14-11-10-12(15-6-2)13(11,3)4/h1,11-12,14H,6-10H2,2-4H3. The summed E-state index contributed by atoms with van der Waals surface area (Å²) in [7, 11) is 0. The van der Waals surface area contributed by atoms with Gasteiger partial charge in [0.05, 0.1) is 11.9 Å². The van der Waals surface area contributed by atoms with Crippen molar-refractivity contribution in [3.8, 4) is 12.3 Å². The molecule has 16 heavy (non-hydrogen) atoms. The lowest BCUT2D eigenvalue weighted by Gasteiger charge is -2.52. The first-order chi connectivity index (χ1) is 7.62. The average molecular weight is 241 g/mol. The lowest BCUT2D eigenvalue weighted by atomic mass is 9.64. The Morgan fingerprint density at radius 3 is 2.88 bits per heavy atom. The van der Waals surface area contributed by atoms with Gasteiger partial charge in [0.2, 0.25) is 0 Å². The monoisotopic (exact) mass is 241 g/mol. The topological polar surface area (TPSA) is 21.3 Å². The van der Waals surface area contributed by atoms with Gasteiger partial charge in [-0.25, -0.2) is 0 Å². The molecule has 0 saturated heterocycles. The van der Waals surface area contributed by atoms with Crippen LogP contribution in [0.4, 0.5) is 0 Å². The molecule has 0 heterocycles. The van der Waals surface area contributed by atoms with Crippen molar-refractivity contribution >= 4 is 11.8 Å². The maximum absolute atomic E-state index is 5.70. The zero-order valence-corrected chi connectivity index (χ0v) is 11.4. The third-order valence-corrected chi connectivity index (χ3v) is 4.23. The van der Waals surface area contributed by atoms with Gasteiger partial charge < -0.3 is 10.1 Å². The average Bonchev–Trinajstić information content (AvgIpc) is 2.26. The molecule has 0 amide bonds. The molecule has 0 radical (unpaired) electrons. The first-order valence-electron chi connectivity index (χ1n) is 5.99. The number of terminal acetylenes is 1. The summed E-state index contributed by atoms with van der Waals surface area (Å²) in [6.45, 7) is 8.48. The van der Waals surface area contributed by atoms with Crippen molar-refractivity contribution in [3.63, 3.8) is 0 Å². The summed E-state index contributed by atoms with van der Waals surface area (Å²) in [5.74, 6) is 4.55. The van der Waals surface area contributed by atoms with Crippen LogP contribution in [0.2, 0.25) is 0 Å². The van der Waals surface area contributed by atoms with Gasteiger partial charge in [0.1, 0.15) is 0 Å². The number of nitrogens with one attached hydrogen (secondary N) is 1. The molecular formula is C13H23NOS. The molecule has 1 saturated carbocycles. The molecule has 1 aliphatic carbocycles. The Kier molecular flexibility index (Phi) is 5.68. The van der Waals surface area contributed by atoms with Gasteiger partial charge in [0.15, 0.2) is 0 Å². The van der Waals surface area contributed by atoms with E-state index in [-0.39, 0.29) is 5.41 Å². The van der Waals surface area contributed by atoms with E-state index in [1.165, 1.54) is 0 Å². The molecule has 0 aromatic rings. The van der Waals surface area contributed by atoms with Gasteiger partial charge in [-0.1, -0.05) is 19.8 Å². The lowest BCUT2D eigenvalue weighted by molar-refractivity contribution is -0.113. The van der Waals surface area contributed by atoms with E-state index in [9.17, 15) is 0 Å². The normalized spacial score (nSPS) is 27.1. The maximum atomic E-state index is 5.70. The summed E-state index contributed by atoms with van der Waals surface area (Å²) in [6, 6.07) is 0.593. The molecule has 1 rings (SSSR count). The van der Waals surface area contributed by atoms with E-state index in [1.54, 1.807) is 0 Å². The van der Waals surface area contributed by atoms with Crippen molar-refractivity contribution in [1.82, 2.24) is 5.32 Å². The van der Waals surface area contributed by atoms with E-state index in [0.717, 1.165) is 31.1 Å².